The van der Waals surface area contributed by atoms with Gasteiger partial charge < -0.3 is 60.6 Å². The van der Waals surface area contributed by atoms with Gasteiger partial charge in [0.1, 0.15) is 18.3 Å². The topological polar surface area (TPSA) is 260 Å². The second-order valence-electron chi connectivity index (χ2n) is 3.57. The molecule has 0 aliphatic carbocycles. The number of hydrogen-bond acceptors (Lipinski definition) is 10. The number of hydrogen-bond donors (Lipinski definition) is 12. The predicted molar refractivity (Wildman–Crippen MR) is 74.8 cm³/mol. The molecule has 14 heteroatoms. The highest BCUT2D eigenvalue weighted by molar-refractivity contribution is 7.45. The quantitative estimate of drug-likeness (QED) is 0.193. The molecule has 146 valence electrons. The highest BCUT2D eigenvalue weighted by Gasteiger charge is 2.00. The molecule has 0 aliphatic heterocycles. The van der Waals surface area contributed by atoms with Crippen molar-refractivity contribution in [2.24, 2.45) is 0 Å². The number of aliphatic hydroxyl groups is 9. The van der Waals surface area contributed by atoms with Gasteiger partial charge in [-0.1, -0.05) is 0 Å². The van der Waals surface area contributed by atoms with E-state index in [1.54, 1.807) is 0 Å². The first kappa shape index (κ1) is 30.6. The molecule has 0 aromatic heterocycles. The smallest absolute Gasteiger partial charge is 0.394 e. The van der Waals surface area contributed by atoms with E-state index in [9.17, 15) is 0 Å². The van der Waals surface area contributed by atoms with Crippen LogP contribution < -0.4 is 0 Å². The third-order valence-corrected chi connectivity index (χ3v) is 1.26. The largest absolute Gasteiger partial charge is 0.466 e. The third-order valence-electron chi connectivity index (χ3n) is 1.26. The summed E-state index contributed by atoms with van der Waals surface area (Å²) in [4.78, 5) is 21.6. The van der Waals surface area contributed by atoms with E-state index in [0.717, 1.165) is 0 Å². The summed E-state index contributed by atoms with van der Waals surface area (Å²) in [6.07, 6.45) is -2.86. The average molecular weight is 374 g/mol. The lowest BCUT2D eigenvalue weighted by Gasteiger charge is -1.96. The van der Waals surface area contributed by atoms with E-state index in [2.05, 4.69) is 0 Å². The van der Waals surface area contributed by atoms with Crippen molar-refractivity contribution in [3.63, 3.8) is 0 Å². The van der Waals surface area contributed by atoms with Crippen LogP contribution in [0.4, 0.5) is 0 Å². The first-order chi connectivity index (χ1) is 10.4. The van der Waals surface area contributed by atoms with Gasteiger partial charge in [0, 0.05) is 0 Å². The molecule has 0 saturated heterocycles. The highest BCUT2D eigenvalue weighted by atomic mass is 31.2. The van der Waals surface area contributed by atoms with Gasteiger partial charge in [-0.15, -0.1) is 0 Å². The first-order valence-corrected chi connectivity index (χ1v) is 7.47. The van der Waals surface area contributed by atoms with Crippen LogP contribution in [0.5, 0.6) is 0 Å². The molecular weight excluding hydrogens is 347 g/mol. The molecule has 13 nitrogen and oxygen atoms in total. The van der Waals surface area contributed by atoms with Crippen LogP contribution in [0.3, 0.4) is 0 Å². The Kier molecular flexibility index (Phi) is 28.9. The van der Waals surface area contributed by atoms with Crippen LogP contribution in [0.2, 0.25) is 0 Å². The van der Waals surface area contributed by atoms with Crippen LogP contribution in [0, 0.1) is 0 Å². The molecule has 0 aliphatic rings. The molecule has 0 fully saturated rings. The van der Waals surface area contributed by atoms with E-state index < -0.39 is 26.1 Å². The van der Waals surface area contributed by atoms with Crippen molar-refractivity contribution in [1.29, 1.82) is 0 Å². The van der Waals surface area contributed by atoms with E-state index >= 15 is 0 Å². The maximum Gasteiger partial charge on any atom is 0.466 e. The molecule has 0 bridgehead atoms. The van der Waals surface area contributed by atoms with Crippen LogP contribution in [0.1, 0.15) is 0 Å². The highest BCUT2D eigenvalue weighted by Crippen LogP contribution is 2.25. The fourth-order valence-electron chi connectivity index (χ4n) is 0.173. The van der Waals surface area contributed by atoms with Gasteiger partial charge >= 0.3 is 7.82 Å². The Hall–Kier alpha value is -0.250. The number of rotatable bonds is 6. The summed E-state index contributed by atoms with van der Waals surface area (Å²) in [6, 6.07) is 0. The standard InChI is InChI=1S/3C3H8O3.H3O4P/c3*4-1-3(6)2-5;1-5(2,3)4/h3*3-6H,1-2H2;(H3,1,2,3,4). The van der Waals surface area contributed by atoms with Crippen LogP contribution in [0.25, 0.3) is 0 Å². The maximum absolute atomic E-state index is 8.88. The van der Waals surface area contributed by atoms with Gasteiger partial charge in [-0.2, -0.15) is 0 Å². The van der Waals surface area contributed by atoms with Crippen LogP contribution in [-0.2, 0) is 4.57 Å². The van der Waals surface area contributed by atoms with Crippen LogP contribution in [-0.4, -0.2) is 119 Å². The Labute approximate surface area is 132 Å². The summed E-state index contributed by atoms with van der Waals surface area (Å²) >= 11 is 0. The number of phosphoric acid groups is 1. The Morgan fingerprint density at radius 2 is 0.609 bits per heavy atom. The van der Waals surface area contributed by atoms with Gasteiger partial charge in [-0.05, 0) is 0 Å². The second-order valence-corrected chi connectivity index (χ2v) is 4.60. The first-order valence-electron chi connectivity index (χ1n) is 5.90. The van der Waals surface area contributed by atoms with Gasteiger partial charge in [0.2, 0.25) is 0 Å². The summed E-state index contributed by atoms with van der Waals surface area (Å²) in [5.41, 5.74) is 0. The predicted octanol–water partition coefficient (Wildman–Crippen LogP) is -5.93. The van der Waals surface area contributed by atoms with Gasteiger partial charge in [0.05, 0.1) is 39.6 Å². The molecular formula is C9H27O13P. The Balaban J connectivity index is -0.000000105. The SMILES string of the molecule is O=P(O)(O)O.OCC(O)CO.OCC(O)CO.OCC(O)CO. The summed E-state index contributed by atoms with van der Waals surface area (Å²) in [5, 5.41) is 72.0. The molecule has 0 aromatic rings. The van der Waals surface area contributed by atoms with Gasteiger partial charge in [-0.25, -0.2) is 4.57 Å². The zero-order valence-corrected chi connectivity index (χ0v) is 13.1. The van der Waals surface area contributed by atoms with E-state index in [0.29, 0.717) is 0 Å². The molecule has 0 radical (unpaired) electrons. The Morgan fingerprint density at radius 3 is 0.609 bits per heavy atom. The molecule has 0 spiro atoms. The molecule has 0 saturated carbocycles. The molecule has 0 atom stereocenters. The minimum atomic E-state index is -4.64. The van der Waals surface area contributed by atoms with Crippen molar-refractivity contribution in [3.8, 4) is 0 Å². The zero-order chi connectivity index (χ0) is 19.5. The van der Waals surface area contributed by atoms with Crippen molar-refractivity contribution in [2.45, 2.75) is 18.3 Å². The lowest BCUT2D eigenvalue weighted by Crippen LogP contribution is -2.15. The van der Waals surface area contributed by atoms with Crippen LogP contribution in [0.15, 0.2) is 0 Å². The molecule has 12 N–H and O–H groups in total. The molecule has 0 unspecified atom stereocenters. The monoisotopic (exact) mass is 374 g/mol. The van der Waals surface area contributed by atoms with Crippen molar-refractivity contribution < 1.29 is 65.2 Å². The van der Waals surface area contributed by atoms with Crippen molar-refractivity contribution in [1.82, 2.24) is 0 Å². The van der Waals surface area contributed by atoms with Crippen molar-refractivity contribution in [2.75, 3.05) is 39.6 Å². The summed E-state index contributed by atoms with van der Waals surface area (Å²) in [7, 11) is -4.64. The lowest BCUT2D eigenvalue weighted by molar-refractivity contribution is 0.0450. The fourth-order valence-corrected chi connectivity index (χ4v) is 0.173. The maximum atomic E-state index is 8.88. The molecule has 23 heavy (non-hydrogen) atoms. The zero-order valence-electron chi connectivity index (χ0n) is 12.2. The average Bonchev–Trinajstić information content (AvgIpc) is 2.51. The molecule has 0 aromatic carbocycles. The van der Waals surface area contributed by atoms with E-state index in [4.69, 9.17) is 65.2 Å². The minimum Gasteiger partial charge on any atom is -0.394 e. The van der Waals surface area contributed by atoms with E-state index in [1.807, 2.05) is 0 Å². The normalized spacial score (nSPS) is 10.4. The van der Waals surface area contributed by atoms with E-state index in [1.165, 1.54) is 0 Å². The lowest BCUT2D eigenvalue weighted by atomic mass is 10.4. The molecule has 0 amide bonds. The van der Waals surface area contributed by atoms with Crippen molar-refractivity contribution in [3.05, 3.63) is 0 Å². The molecule has 0 rings (SSSR count). The fraction of sp³-hybridized carbons (Fsp3) is 1.00. The second kappa shape index (κ2) is 21.8. The minimum absolute atomic E-state index is 0.365. The summed E-state index contributed by atoms with van der Waals surface area (Å²) < 4.78 is 8.88. The summed E-state index contributed by atoms with van der Waals surface area (Å²) in [5.74, 6) is 0. The third kappa shape index (κ3) is 61.4. The van der Waals surface area contributed by atoms with Crippen molar-refractivity contribution >= 4 is 7.82 Å². The van der Waals surface area contributed by atoms with Gasteiger partial charge in [0.25, 0.3) is 0 Å². The van der Waals surface area contributed by atoms with Gasteiger partial charge in [-0.3, -0.25) is 0 Å². The Bertz CT molecular complexity index is 204. The Morgan fingerprint density at radius 1 is 0.522 bits per heavy atom. The van der Waals surface area contributed by atoms with E-state index in [-0.39, 0.29) is 39.6 Å². The number of aliphatic hydroxyl groups excluding tert-OH is 9. The summed E-state index contributed by atoms with van der Waals surface area (Å²) in [6.45, 7) is -2.19. The molecule has 0 heterocycles. The van der Waals surface area contributed by atoms with Crippen LogP contribution >= 0.6 is 7.82 Å². The van der Waals surface area contributed by atoms with Gasteiger partial charge in [0.15, 0.2) is 0 Å².